The Labute approximate surface area is 225 Å². The van der Waals surface area contributed by atoms with E-state index in [-0.39, 0.29) is 31.8 Å². The fourth-order valence-corrected chi connectivity index (χ4v) is 4.38. The molecule has 1 aromatic carbocycles. The first-order valence-electron chi connectivity index (χ1n) is 13.2. The van der Waals surface area contributed by atoms with Crippen LogP contribution >= 0.6 is 0 Å². The molecule has 1 aliphatic rings. The number of nitrogens with zero attached hydrogens (tertiary/aromatic N) is 1. The Hall–Kier alpha value is -3.46. The van der Waals surface area contributed by atoms with Crippen molar-refractivity contribution < 1.29 is 29.0 Å². The highest BCUT2D eigenvalue weighted by Gasteiger charge is 2.33. The molecule has 1 aromatic rings. The number of esters is 1. The van der Waals surface area contributed by atoms with E-state index in [1.54, 1.807) is 49.1 Å². The Morgan fingerprint density at radius 2 is 1.61 bits per heavy atom. The van der Waals surface area contributed by atoms with Crippen LogP contribution in [0, 0.1) is 11.8 Å². The van der Waals surface area contributed by atoms with Gasteiger partial charge in [-0.05, 0) is 45.1 Å². The van der Waals surface area contributed by atoms with Gasteiger partial charge in [-0.1, -0.05) is 42.5 Å². The molecule has 9 nitrogen and oxygen atoms in total. The van der Waals surface area contributed by atoms with Crippen LogP contribution in [0.3, 0.4) is 0 Å². The second-order valence-electron chi connectivity index (χ2n) is 9.75. The van der Waals surface area contributed by atoms with Gasteiger partial charge in [0.05, 0.1) is 18.6 Å². The summed E-state index contributed by atoms with van der Waals surface area (Å²) in [5, 5.41) is 14.7. The lowest BCUT2D eigenvalue weighted by molar-refractivity contribution is -0.159. The number of hydrogen-bond acceptors (Lipinski definition) is 6. The quantitative estimate of drug-likeness (QED) is 0.183. The van der Waals surface area contributed by atoms with Crippen molar-refractivity contribution >= 4 is 23.7 Å². The normalized spacial score (nSPS) is 16.9. The zero-order valence-electron chi connectivity index (χ0n) is 22.4. The van der Waals surface area contributed by atoms with Gasteiger partial charge >= 0.3 is 5.97 Å². The molecule has 208 valence electrons. The predicted octanol–water partition coefficient (Wildman–Crippen LogP) is 2.67. The van der Waals surface area contributed by atoms with E-state index in [1.807, 2.05) is 6.07 Å². The number of aliphatic hydroxyl groups is 1. The number of rotatable bonds is 15. The molecule has 0 spiro atoms. The van der Waals surface area contributed by atoms with Crippen LogP contribution in [-0.4, -0.2) is 65.5 Å². The molecule has 2 rings (SSSR count). The predicted molar refractivity (Wildman–Crippen MR) is 145 cm³/mol. The molecule has 1 aliphatic heterocycles. The van der Waals surface area contributed by atoms with Gasteiger partial charge in [-0.3, -0.25) is 19.2 Å². The number of allylic oxidation sites excluding steroid dienone is 2. The second-order valence-corrected chi connectivity index (χ2v) is 9.75. The fourth-order valence-electron chi connectivity index (χ4n) is 4.38. The van der Waals surface area contributed by atoms with Gasteiger partial charge in [-0.15, -0.1) is 13.2 Å². The fraction of sp³-hybridized carbons (Fsp3) is 0.517. The molecule has 1 heterocycles. The summed E-state index contributed by atoms with van der Waals surface area (Å²) in [6.45, 7) is 11.8. The van der Waals surface area contributed by atoms with E-state index >= 15 is 0 Å². The molecule has 1 fully saturated rings. The maximum atomic E-state index is 13.3. The number of aliphatic hydroxyl groups excluding tert-OH is 1. The molecule has 1 saturated heterocycles. The molecule has 0 bridgehead atoms. The van der Waals surface area contributed by atoms with Crippen LogP contribution in [0.1, 0.15) is 57.6 Å². The highest BCUT2D eigenvalue weighted by molar-refractivity contribution is 6.00. The first-order chi connectivity index (χ1) is 18.2. The molecule has 0 aliphatic carbocycles. The smallest absolute Gasteiger partial charge is 0.310 e. The summed E-state index contributed by atoms with van der Waals surface area (Å²) >= 11 is 0. The third-order valence-electron chi connectivity index (χ3n) is 6.56. The second kappa shape index (κ2) is 15.7. The van der Waals surface area contributed by atoms with Crippen LogP contribution in [0.5, 0.6) is 0 Å². The van der Waals surface area contributed by atoms with Crippen LogP contribution in [0.4, 0.5) is 0 Å². The number of hydrogen-bond donors (Lipinski definition) is 3. The van der Waals surface area contributed by atoms with Gasteiger partial charge in [-0.2, -0.15) is 0 Å². The number of carbonyl (C=O) groups is 4. The maximum absolute atomic E-state index is 13.3. The van der Waals surface area contributed by atoms with E-state index in [2.05, 4.69) is 23.8 Å². The molecule has 3 amide bonds. The average molecular weight is 528 g/mol. The van der Waals surface area contributed by atoms with Crippen LogP contribution in [0.2, 0.25) is 0 Å². The first kappa shape index (κ1) is 30.8. The molecule has 38 heavy (non-hydrogen) atoms. The minimum absolute atomic E-state index is 0.0255. The van der Waals surface area contributed by atoms with Crippen LogP contribution in [0.25, 0.3) is 0 Å². The number of amides is 3. The van der Waals surface area contributed by atoms with E-state index in [9.17, 15) is 24.3 Å². The first-order valence-corrected chi connectivity index (χ1v) is 13.2. The molecule has 9 heteroatoms. The molecular weight excluding hydrogens is 486 g/mol. The molecular formula is C29H41N3O6. The summed E-state index contributed by atoms with van der Waals surface area (Å²) in [4.78, 5) is 53.6. The van der Waals surface area contributed by atoms with Crippen molar-refractivity contribution in [3.05, 3.63) is 61.2 Å². The van der Waals surface area contributed by atoms with Crippen molar-refractivity contribution in [2.24, 2.45) is 11.8 Å². The van der Waals surface area contributed by atoms with Gasteiger partial charge in [0.15, 0.2) is 0 Å². The number of nitrogens with one attached hydrogen (secondary N) is 2. The largest absolute Gasteiger partial charge is 0.455 e. The zero-order valence-corrected chi connectivity index (χ0v) is 22.4. The Bertz CT molecular complexity index is 960. The van der Waals surface area contributed by atoms with Crippen molar-refractivity contribution in [1.82, 2.24) is 15.5 Å². The summed E-state index contributed by atoms with van der Waals surface area (Å²) in [5.74, 6) is -3.49. The standard InChI is InChI=1S/C29H41N3O6/c1-5-12-23(18-25(34)32-16-10-11-17-32)29(37)38-26(22-14-8-7-9-15-22)21(4)31-28(36)24(13-6-2)27(35)30-20(3)19-33/h5-9,14-15,20-21,23-24,26,33H,1-2,10-13,16-19H2,3-4H3,(H,30,35)(H,31,36)/t20-,21+,23-,24?,26+/m0/s1. The maximum Gasteiger partial charge on any atom is 0.310 e. The van der Waals surface area contributed by atoms with Gasteiger partial charge in [0, 0.05) is 25.6 Å². The minimum Gasteiger partial charge on any atom is -0.455 e. The SMILES string of the molecule is C=CCC(C(=O)N[C@@H](C)CO)C(=O)N[C@H](C)[C@@H](OC(=O)[C@@H](CC=C)CC(=O)N1CCCC1)c1ccccc1. The average Bonchev–Trinajstić information content (AvgIpc) is 3.45. The lowest BCUT2D eigenvalue weighted by Gasteiger charge is -2.29. The summed E-state index contributed by atoms with van der Waals surface area (Å²) < 4.78 is 5.93. The van der Waals surface area contributed by atoms with Gasteiger partial charge in [0.2, 0.25) is 17.7 Å². The van der Waals surface area contributed by atoms with Crippen molar-refractivity contribution in [2.75, 3.05) is 19.7 Å². The summed E-state index contributed by atoms with van der Waals surface area (Å²) in [7, 11) is 0. The Morgan fingerprint density at radius 1 is 1.00 bits per heavy atom. The van der Waals surface area contributed by atoms with Gasteiger partial charge in [0.25, 0.3) is 0 Å². The van der Waals surface area contributed by atoms with Crippen molar-refractivity contribution in [3.63, 3.8) is 0 Å². The van der Waals surface area contributed by atoms with Crippen molar-refractivity contribution in [2.45, 2.75) is 64.1 Å². The molecule has 0 aromatic heterocycles. The number of benzene rings is 1. The van der Waals surface area contributed by atoms with Gasteiger partial charge < -0.3 is 25.4 Å². The molecule has 0 saturated carbocycles. The summed E-state index contributed by atoms with van der Waals surface area (Å²) in [5.41, 5.74) is 0.662. The zero-order chi connectivity index (χ0) is 28.1. The minimum atomic E-state index is -1.07. The third-order valence-corrected chi connectivity index (χ3v) is 6.56. The summed E-state index contributed by atoms with van der Waals surface area (Å²) in [6.07, 6.45) is 4.53. The molecule has 0 radical (unpaired) electrons. The summed E-state index contributed by atoms with van der Waals surface area (Å²) in [6, 6.07) is 7.80. The van der Waals surface area contributed by atoms with Crippen molar-refractivity contribution in [3.8, 4) is 0 Å². The molecule has 1 unspecified atom stereocenters. The van der Waals surface area contributed by atoms with E-state index in [4.69, 9.17) is 4.74 Å². The van der Waals surface area contributed by atoms with E-state index in [0.29, 0.717) is 18.7 Å². The topological polar surface area (TPSA) is 125 Å². The van der Waals surface area contributed by atoms with Crippen LogP contribution in [-0.2, 0) is 23.9 Å². The molecule has 5 atom stereocenters. The number of carbonyl (C=O) groups excluding carboxylic acids is 4. The molecule has 3 N–H and O–H groups in total. The Balaban J connectivity index is 2.19. The lowest BCUT2D eigenvalue weighted by Crippen LogP contribution is -2.48. The number of ether oxygens (including phenoxy) is 1. The lowest BCUT2D eigenvalue weighted by atomic mass is 9.98. The Morgan fingerprint density at radius 3 is 2.18 bits per heavy atom. The highest BCUT2D eigenvalue weighted by Crippen LogP contribution is 2.26. The Kier molecular flexibility index (Phi) is 12.7. The van der Waals surface area contributed by atoms with Gasteiger partial charge in [-0.25, -0.2) is 0 Å². The van der Waals surface area contributed by atoms with E-state index in [0.717, 1.165) is 12.8 Å². The van der Waals surface area contributed by atoms with Crippen LogP contribution < -0.4 is 10.6 Å². The van der Waals surface area contributed by atoms with Crippen LogP contribution in [0.15, 0.2) is 55.6 Å². The monoisotopic (exact) mass is 527 g/mol. The highest BCUT2D eigenvalue weighted by atomic mass is 16.5. The van der Waals surface area contributed by atoms with E-state index < -0.39 is 47.8 Å². The third kappa shape index (κ3) is 9.13. The number of likely N-dealkylation sites (tertiary alicyclic amines) is 1. The van der Waals surface area contributed by atoms with Crippen molar-refractivity contribution in [1.29, 1.82) is 0 Å². The van der Waals surface area contributed by atoms with E-state index in [1.165, 1.54) is 6.08 Å². The van der Waals surface area contributed by atoms with Gasteiger partial charge in [0.1, 0.15) is 12.0 Å².